The molecule has 0 N–H and O–H groups in total. The number of pyridine rings is 1. The number of ether oxygens (including phenoxy) is 1. The highest BCUT2D eigenvalue weighted by atomic mass is 79.9. The second-order valence-corrected chi connectivity index (χ2v) is 6.25. The Balaban J connectivity index is 2.05. The second kappa shape index (κ2) is 8.64. The van der Waals surface area contributed by atoms with E-state index in [0.29, 0.717) is 12.4 Å². The molecule has 0 aliphatic rings. The normalized spacial score (nSPS) is 10.6. The van der Waals surface area contributed by atoms with Crippen LogP contribution < -0.4 is 4.90 Å². The van der Waals surface area contributed by atoms with Gasteiger partial charge in [0.25, 0.3) is 0 Å². The molecule has 0 saturated heterocycles. The summed E-state index contributed by atoms with van der Waals surface area (Å²) in [5.74, 6) is 0.577. The van der Waals surface area contributed by atoms with Crippen molar-refractivity contribution < 1.29 is 9.53 Å². The summed E-state index contributed by atoms with van der Waals surface area (Å²) in [7, 11) is 3.92. The lowest BCUT2D eigenvalue weighted by atomic mass is 10.2. The minimum absolute atomic E-state index is 0.245. The summed E-state index contributed by atoms with van der Waals surface area (Å²) >= 11 is 3.35. The SMILES string of the molecule is CN(C)CCN(C(=O)OCc1ccccc1)c1ccc(Br)cn1. The van der Waals surface area contributed by atoms with E-state index in [-0.39, 0.29) is 6.61 Å². The van der Waals surface area contributed by atoms with Crippen molar-refractivity contribution in [2.75, 3.05) is 32.1 Å². The van der Waals surface area contributed by atoms with Gasteiger partial charge in [-0.15, -0.1) is 0 Å². The number of aromatic nitrogens is 1. The molecule has 2 aromatic rings. The Morgan fingerprint density at radius 3 is 2.48 bits per heavy atom. The van der Waals surface area contributed by atoms with Gasteiger partial charge in [-0.05, 0) is 47.7 Å². The van der Waals surface area contributed by atoms with Crippen LogP contribution in [0.4, 0.5) is 10.6 Å². The summed E-state index contributed by atoms with van der Waals surface area (Å²) in [6, 6.07) is 13.3. The highest BCUT2D eigenvalue weighted by Gasteiger charge is 2.18. The van der Waals surface area contributed by atoms with Gasteiger partial charge in [-0.3, -0.25) is 4.90 Å². The minimum atomic E-state index is -0.398. The van der Waals surface area contributed by atoms with E-state index < -0.39 is 6.09 Å². The van der Waals surface area contributed by atoms with Gasteiger partial charge in [0, 0.05) is 23.8 Å². The van der Waals surface area contributed by atoms with Crippen molar-refractivity contribution in [1.29, 1.82) is 0 Å². The topological polar surface area (TPSA) is 45.7 Å². The smallest absolute Gasteiger partial charge is 0.415 e. The molecule has 0 unspecified atom stereocenters. The van der Waals surface area contributed by atoms with Gasteiger partial charge < -0.3 is 9.64 Å². The monoisotopic (exact) mass is 377 g/mol. The summed E-state index contributed by atoms with van der Waals surface area (Å²) < 4.78 is 6.29. The predicted molar refractivity (Wildman–Crippen MR) is 94.5 cm³/mol. The number of hydrogen-bond donors (Lipinski definition) is 0. The van der Waals surface area contributed by atoms with E-state index >= 15 is 0 Å². The molecule has 0 fully saturated rings. The minimum Gasteiger partial charge on any atom is -0.444 e. The van der Waals surface area contributed by atoms with Gasteiger partial charge in [0.05, 0.1) is 0 Å². The maximum absolute atomic E-state index is 12.4. The number of rotatable bonds is 6. The first-order chi connectivity index (χ1) is 11.1. The zero-order chi connectivity index (χ0) is 16.7. The number of hydrogen-bond acceptors (Lipinski definition) is 4. The first-order valence-corrected chi connectivity index (χ1v) is 8.10. The van der Waals surface area contributed by atoms with E-state index in [0.717, 1.165) is 16.6 Å². The molecule has 0 bridgehead atoms. The van der Waals surface area contributed by atoms with Crippen LogP contribution in [-0.2, 0) is 11.3 Å². The fourth-order valence-corrected chi connectivity index (χ4v) is 2.16. The van der Waals surface area contributed by atoms with E-state index in [1.807, 2.05) is 55.4 Å². The van der Waals surface area contributed by atoms with Gasteiger partial charge in [0.1, 0.15) is 12.4 Å². The predicted octanol–water partition coefficient (Wildman–Crippen LogP) is 3.55. The van der Waals surface area contributed by atoms with Crippen molar-refractivity contribution in [2.45, 2.75) is 6.61 Å². The first-order valence-electron chi connectivity index (χ1n) is 7.31. The number of amides is 1. The van der Waals surface area contributed by atoms with Crippen LogP contribution in [0, 0.1) is 0 Å². The number of carbonyl (C=O) groups is 1. The Morgan fingerprint density at radius 1 is 1.13 bits per heavy atom. The van der Waals surface area contributed by atoms with Gasteiger partial charge in [-0.2, -0.15) is 0 Å². The molecule has 0 saturated carbocycles. The molecule has 6 heteroatoms. The lowest BCUT2D eigenvalue weighted by Crippen LogP contribution is -2.37. The van der Waals surface area contributed by atoms with Crippen LogP contribution in [0.1, 0.15) is 5.56 Å². The van der Waals surface area contributed by atoms with Crippen molar-refractivity contribution in [3.05, 3.63) is 58.7 Å². The molecule has 0 atom stereocenters. The molecule has 23 heavy (non-hydrogen) atoms. The number of benzene rings is 1. The molecule has 0 spiro atoms. The Kier molecular flexibility index (Phi) is 6.55. The first kappa shape index (κ1) is 17.4. The third kappa shape index (κ3) is 5.65. The molecule has 1 heterocycles. The molecule has 2 rings (SSSR count). The molecule has 0 aliphatic heterocycles. The van der Waals surface area contributed by atoms with Crippen molar-refractivity contribution >= 4 is 27.8 Å². The molecule has 5 nitrogen and oxygen atoms in total. The molecule has 122 valence electrons. The summed E-state index contributed by atoms with van der Waals surface area (Å²) in [6.45, 7) is 1.47. The maximum atomic E-state index is 12.4. The molecular formula is C17H20BrN3O2. The van der Waals surface area contributed by atoms with Gasteiger partial charge in [-0.1, -0.05) is 30.3 Å². The van der Waals surface area contributed by atoms with Crippen LogP contribution in [0.5, 0.6) is 0 Å². The van der Waals surface area contributed by atoms with E-state index in [1.165, 1.54) is 0 Å². The molecule has 1 amide bonds. The van der Waals surface area contributed by atoms with Gasteiger partial charge in [-0.25, -0.2) is 9.78 Å². The zero-order valence-corrected chi connectivity index (χ0v) is 14.9. The van der Waals surface area contributed by atoms with Gasteiger partial charge in [0.2, 0.25) is 0 Å². The summed E-state index contributed by atoms with van der Waals surface area (Å²) in [5, 5.41) is 0. The van der Waals surface area contributed by atoms with Crippen LogP contribution in [0.2, 0.25) is 0 Å². The van der Waals surface area contributed by atoms with Gasteiger partial charge in [0.15, 0.2) is 0 Å². The standard InChI is InChI=1S/C17H20BrN3O2/c1-20(2)10-11-21(16-9-8-15(18)12-19-16)17(22)23-13-14-6-4-3-5-7-14/h3-9,12H,10-11,13H2,1-2H3. The number of nitrogens with zero attached hydrogens (tertiary/aromatic N) is 3. The van der Waals surface area contributed by atoms with Crippen molar-refractivity contribution in [3.8, 4) is 0 Å². The lowest BCUT2D eigenvalue weighted by Gasteiger charge is -2.23. The van der Waals surface area contributed by atoms with E-state index in [1.54, 1.807) is 17.2 Å². The quantitative estimate of drug-likeness (QED) is 0.771. The van der Waals surface area contributed by atoms with Crippen LogP contribution >= 0.6 is 15.9 Å². The average Bonchev–Trinajstić information content (AvgIpc) is 2.55. The third-order valence-electron chi connectivity index (χ3n) is 3.18. The highest BCUT2D eigenvalue weighted by Crippen LogP contribution is 2.16. The van der Waals surface area contributed by atoms with E-state index in [4.69, 9.17) is 4.74 Å². The number of halogens is 1. The van der Waals surface area contributed by atoms with Crippen LogP contribution in [0.15, 0.2) is 53.1 Å². The summed E-state index contributed by atoms with van der Waals surface area (Å²) in [5.41, 5.74) is 0.956. The summed E-state index contributed by atoms with van der Waals surface area (Å²) in [6.07, 6.45) is 1.27. The Bertz CT molecular complexity index is 617. The van der Waals surface area contributed by atoms with E-state index in [9.17, 15) is 4.79 Å². The second-order valence-electron chi connectivity index (χ2n) is 5.33. The third-order valence-corrected chi connectivity index (χ3v) is 3.65. The molecule has 0 aliphatic carbocycles. The Labute approximate surface area is 145 Å². The van der Waals surface area contributed by atoms with Crippen LogP contribution in [0.25, 0.3) is 0 Å². The number of anilines is 1. The Morgan fingerprint density at radius 2 is 1.87 bits per heavy atom. The largest absolute Gasteiger partial charge is 0.444 e. The average molecular weight is 378 g/mol. The maximum Gasteiger partial charge on any atom is 0.415 e. The fraction of sp³-hybridized carbons (Fsp3) is 0.294. The highest BCUT2D eigenvalue weighted by molar-refractivity contribution is 9.10. The van der Waals surface area contributed by atoms with Crippen LogP contribution in [0.3, 0.4) is 0 Å². The number of likely N-dealkylation sites (N-methyl/N-ethyl adjacent to an activating group) is 1. The van der Waals surface area contributed by atoms with Crippen LogP contribution in [-0.4, -0.2) is 43.2 Å². The molecular weight excluding hydrogens is 358 g/mol. The van der Waals surface area contributed by atoms with Gasteiger partial charge >= 0.3 is 6.09 Å². The van der Waals surface area contributed by atoms with Crippen molar-refractivity contribution in [1.82, 2.24) is 9.88 Å². The molecule has 0 radical (unpaired) electrons. The Hall–Kier alpha value is -1.92. The summed E-state index contributed by atoms with van der Waals surface area (Å²) in [4.78, 5) is 20.3. The molecule has 1 aromatic heterocycles. The molecule has 1 aromatic carbocycles. The zero-order valence-electron chi connectivity index (χ0n) is 13.3. The lowest BCUT2D eigenvalue weighted by molar-refractivity contribution is 0.146. The van der Waals surface area contributed by atoms with E-state index in [2.05, 4.69) is 20.9 Å². The fourth-order valence-electron chi connectivity index (χ4n) is 1.92. The van der Waals surface area contributed by atoms with Crippen molar-refractivity contribution in [2.24, 2.45) is 0 Å². The number of carbonyl (C=O) groups excluding carboxylic acids is 1. The van der Waals surface area contributed by atoms with Crippen molar-refractivity contribution in [3.63, 3.8) is 0 Å².